The topological polar surface area (TPSA) is 89.5 Å². The van der Waals surface area contributed by atoms with Crippen LogP contribution in [0.2, 0.25) is 0 Å². The number of halogens is 2. The zero-order valence-corrected chi connectivity index (χ0v) is 13.0. The predicted octanol–water partition coefficient (Wildman–Crippen LogP) is 2.43. The molecule has 2 N–H and O–H groups in total. The van der Waals surface area contributed by atoms with Gasteiger partial charge in [-0.1, -0.05) is 0 Å². The Morgan fingerprint density at radius 3 is 2.42 bits per heavy atom. The second kappa shape index (κ2) is 5.56. The molecule has 1 atom stereocenters. The average Bonchev–Trinajstić information content (AvgIpc) is 2.70. The van der Waals surface area contributed by atoms with Crippen molar-refractivity contribution in [3.63, 3.8) is 0 Å². The van der Waals surface area contributed by atoms with Gasteiger partial charge >= 0.3 is 0 Å². The Morgan fingerprint density at radius 2 is 2.00 bits per heavy atom. The second-order valence-electron chi connectivity index (χ2n) is 4.33. The molecule has 1 aromatic carbocycles. The smallest absolute Gasteiger partial charge is 0.271 e. The summed E-state index contributed by atoms with van der Waals surface area (Å²) in [5, 5.41) is 10.8. The fourth-order valence-electron chi connectivity index (χ4n) is 2.07. The SMILES string of the molecule is NCC1CC(=O)N(c2c(Br)cc([N+](=O)[O-])cc2Br)C1. The van der Waals surface area contributed by atoms with E-state index in [-0.39, 0.29) is 17.5 Å². The molecule has 1 amide bonds. The van der Waals surface area contributed by atoms with Gasteiger partial charge < -0.3 is 10.6 Å². The Kier molecular flexibility index (Phi) is 4.22. The normalized spacial score (nSPS) is 19.0. The van der Waals surface area contributed by atoms with E-state index in [2.05, 4.69) is 31.9 Å². The quantitative estimate of drug-likeness (QED) is 0.631. The van der Waals surface area contributed by atoms with Crippen LogP contribution in [0.5, 0.6) is 0 Å². The summed E-state index contributed by atoms with van der Waals surface area (Å²) in [7, 11) is 0. The monoisotopic (exact) mass is 391 g/mol. The van der Waals surface area contributed by atoms with Gasteiger partial charge in [0.05, 0.1) is 10.6 Å². The number of nitro groups is 1. The van der Waals surface area contributed by atoms with E-state index in [9.17, 15) is 14.9 Å². The van der Waals surface area contributed by atoms with Gasteiger partial charge in [-0.25, -0.2) is 0 Å². The minimum atomic E-state index is -0.478. The Hall–Kier alpha value is -0.990. The summed E-state index contributed by atoms with van der Waals surface area (Å²) in [6, 6.07) is 2.78. The van der Waals surface area contributed by atoms with Crippen LogP contribution in [0.25, 0.3) is 0 Å². The van der Waals surface area contributed by atoms with E-state index >= 15 is 0 Å². The predicted molar refractivity (Wildman–Crippen MR) is 78.0 cm³/mol. The maximum Gasteiger partial charge on any atom is 0.271 e. The van der Waals surface area contributed by atoms with Gasteiger partial charge in [0.15, 0.2) is 0 Å². The second-order valence-corrected chi connectivity index (χ2v) is 6.03. The van der Waals surface area contributed by atoms with Crippen LogP contribution in [0.15, 0.2) is 21.1 Å². The summed E-state index contributed by atoms with van der Waals surface area (Å²) in [4.78, 5) is 23.9. The molecule has 102 valence electrons. The van der Waals surface area contributed by atoms with Gasteiger partial charge in [0.2, 0.25) is 5.91 Å². The van der Waals surface area contributed by atoms with Crippen molar-refractivity contribution >= 4 is 49.1 Å². The number of nitrogens with two attached hydrogens (primary N) is 1. The van der Waals surface area contributed by atoms with Crippen molar-refractivity contribution in [2.24, 2.45) is 11.7 Å². The summed E-state index contributed by atoms with van der Waals surface area (Å²) >= 11 is 6.57. The Bertz CT molecular complexity index is 527. The summed E-state index contributed by atoms with van der Waals surface area (Å²) in [6.07, 6.45) is 0.409. The number of hydrogen-bond acceptors (Lipinski definition) is 4. The van der Waals surface area contributed by atoms with Crippen LogP contribution in [0.1, 0.15) is 6.42 Å². The van der Waals surface area contributed by atoms with E-state index in [0.717, 1.165) is 0 Å². The molecule has 1 saturated heterocycles. The number of nitro benzene ring substituents is 1. The molecule has 6 nitrogen and oxygen atoms in total. The van der Waals surface area contributed by atoms with Gasteiger partial charge in [0.1, 0.15) is 0 Å². The van der Waals surface area contributed by atoms with Crippen LogP contribution < -0.4 is 10.6 Å². The maximum absolute atomic E-state index is 12.0. The molecule has 19 heavy (non-hydrogen) atoms. The highest BCUT2D eigenvalue weighted by Gasteiger charge is 2.32. The molecule has 1 aromatic rings. The largest absolute Gasteiger partial charge is 0.330 e. The van der Waals surface area contributed by atoms with Crippen molar-refractivity contribution in [2.75, 3.05) is 18.0 Å². The van der Waals surface area contributed by atoms with E-state index in [1.165, 1.54) is 12.1 Å². The van der Waals surface area contributed by atoms with Gasteiger partial charge in [-0.15, -0.1) is 0 Å². The first-order valence-electron chi connectivity index (χ1n) is 5.58. The van der Waals surface area contributed by atoms with Gasteiger partial charge in [-0.2, -0.15) is 0 Å². The number of benzene rings is 1. The fraction of sp³-hybridized carbons (Fsp3) is 0.364. The molecule has 0 bridgehead atoms. The summed E-state index contributed by atoms with van der Waals surface area (Å²) in [5.41, 5.74) is 6.16. The number of nitrogens with zero attached hydrogens (tertiary/aromatic N) is 2. The zero-order valence-electron chi connectivity index (χ0n) is 9.81. The third kappa shape index (κ3) is 2.80. The van der Waals surface area contributed by atoms with E-state index in [0.29, 0.717) is 34.1 Å². The lowest BCUT2D eigenvalue weighted by molar-refractivity contribution is -0.385. The van der Waals surface area contributed by atoms with Crippen LogP contribution in [-0.2, 0) is 4.79 Å². The van der Waals surface area contributed by atoms with Crippen molar-refractivity contribution in [3.05, 3.63) is 31.2 Å². The molecule has 0 aromatic heterocycles. The van der Waals surface area contributed by atoms with Crippen LogP contribution in [0.4, 0.5) is 11.4 Å². The Labute approximate surface area is 126 Å². The molecule has 2 rings (SSSR count). The molecule has 1 aliphatic rings. The molecular weight excluding hydrogens is 382 g/mol. The number of hydrogen-bond donors (Lipinski definition) is 1. The molecule has 0 saturated carbocycles. The van der Waals surface area contributed by atoms with Gasteiger partial charge in [0, 0.05) is 34.0 Å². The molecule has 0 aliphatic carbocycles. The van der Waals surface area contributed by atoms with Crippen LogP contribution in [-0.4, -0.2) is 23.9 Å². The highest BCUT2D eigenvalue weighted by Crippen LogP contribution is 2.40. The molecule has 1 heterocycles. The first-order chi connectivity index (χ1) is 8.93. The highest BCUT2D eigenvalue weighted by atomic mass is 79.9. The van der Waals surface area contributed by atoms with Crippen molar-refractivity contribution in [3.8, 4) is 0 Å². The summed E-state index contributed by atoms with van der Waals surface area (Å²) < 4.78 is 1.03. The third-order valence-electron chi connectivity index (χ3n) is 3.02. The zero-order chi connectivity index (χ0) is 14.2. The summed E-state index contributed by atoms with van der Waals surface area (Å²) in [6.45, 7) is 0.981. The molecule has 1 unspecified atom stereocenters. The first kappa shape index (κ1) is 14.4. The molecule has 1 aliphatic heterocycles. The Balaban J connectivity index is 2.41. The van der Waals surface area contributed by atoms with Gasteiger partial charge in [-0.05, 0) is 44.3 Å². The number of carbonyl (C=O) groups is 1. The average molecular weight is 393 g/mol. The lowest BCUT2D eigenvalue weighted by Crippen LogP contribution is -2.26. The lowest BCUT2D eigenvalue weighted by atomic mass is 10.1. The van der Waals surface area contributed by atoms with Crippen molar-refractivity contribution in [1.29, 1.82) is 0 Å². The van der Waals surface area contributed by atoms with E-state index in [4.69, 9.17) is 5.73 Å². The Morgan fingerprint density at radius 1 is 1.42 bits per heavy atom. The number of non-ortho nitro benzene ring substituents is 1. The third-order valence-corrected chi connectivity index (χ3v) is 4.23. The van der Waals surface area contributed by atoms with Crippen LogP contribution in [0.3, 0.4) is 0 Å². The highest BCUT2D eigenvalue weighted by molar-refractivity contribution is 9.11. The minimum absolute atomic E-state index is 0.0225. The standard InChI is InChI=1S/C11H11Br2N3O3/c12-8-2-7(16(18)19)3-9(13)11(8)15-5-6(4-14)1-10(15)17/h2-3,6H,1,4-5,14H2. The van der Waals surface area contributed by atoms with E-state index < -0.39 is 4.92 Å². The number of anilines is 1. The number of carbonyl (C=O) groups excluding carboxylic acids is 1. The maximum atomic E-state index is 12.0. The van der Waals surface area contributed by atoms with Crippen molar-refractivity contribution in [2.45, 2.75) is 6.42 Å². The van der Waals surface area contributed by atoms with Crippen LogP contribution >= 0.6 is 31.9 Å². The van der Waals surface area contributed by atoms with E-state index in [1.54, 1.807) is 4.90 Å². The molecule has 1 fully saturated rings. The molecule has 8 heteroatoms. The molecular formula is C11H11Br2N3O3. The van der Waals surface area contributed by atoms with Crippen molar-refractivity contribution in [1.82, 2.24) is 0 Å². The fourth-order valence-corrected chi connectivity index (χ4v) is 3.66. The minimum Gasteiger partial charge on any atom is -0.330 e. The number of rotatable bonds is 3. The van der Waals surface area contributed by atoms with Gasteiger partial charge in [0.25, 0.3) is 5.69 Å². The summed E-state index contributed by atoms with van der Waals surface area (Å²) in [5.74, 6) is 0.104. The lowest BCUT2D eigenvalue weighted by Gasteiger charge is -2.19. The first-order valence-corrected chi connectivity index (χ1v) is 7.16. The molecule has 0 spiro atoms. The van der Waals surface area contributed by atoms with Crippen LogP contribution in [0, 0.1) is 16.0 Å². The van der Waals surface area contributed by atoms with Gasteiger partial charge in [-0.3, -0.25) is 14.9 Å². The van der Waals surface area contributed by atoms with Crippen molar-refractivity contribution < 1.29 is 9.72 Å². The van der Waals surface area contributed by atoms with E-state index in [1.807, 2.05) is 0 Å². The molecule has 0 radical (unpaired) electrons. The number of amides is 1.